The summed E-state index contributed by atoms with van der Waals surface area (Å²) in [4.78, 5) is 55.1. The Bertz CT molecular complexity index is 1650. The maximum Gasteiger partial charge on any atom is 0.340 e. The Labute approximate surface area is 236 Å². The summed E-state index contributed by atoms with van der Waals surface area (Å²) in [5.74, 6) is -3.55. The van der Waals surface area contributed by atoms with E-state index in [0.29, 0.717) is 5.69 Å². The SMILES string of the molecule is Cc1ccccc1NC(=O)COC(=O)c1ccccc1N1C(=O)[C@@H]2C3c4ccccc4C(c4ccccc43)[C@@H]2C1=O. The Balaban J connectivity index is 1.19. The molecule has 1 fully saturated rings. The van der Waals surface area contributed by atoms with Crippen LogP contribution in [0.5, 0.6) is 0 Å². The van der Waals surface area contributed by atoms with Crippen LogP contribution in [0, 0.1) is 18.8 Å². The van der Waals surface area contributed by atoms with Crippen molar-refractivity contribution in [1.82, 2.24) is 0 Å². The molecule has 1 N–H and O–H groups in total. The van der Waals surface area contributed by atoms with E-state index >= 15 is 0 Å². The Morgan fingerprint density at radius 3 is 1.76 bits per heavy atom. The number of para-hydroxylation sites is 2. The van der Waals surface area contributed by atoms with Crippen molar-refractivity contribution in [3.8, 4) is 0 Å². The third kappa shape index (κ3) is 3.80. The summed E-state index contributed by atoms with van der Waals surface area (Å²) in [6.07, 6.45) is 0. The van der Waals surface area contributed by atoms with Crippen molar-refractivity contribution in [3.63, 3.8) is 0 Å². The van der Waals surface area contributed by atoms with Gasteiger partial charge in [0.2, 0.25) is 11.8 Å². The number of nitrogens with one attached hydrogen (secondary N) is 1. The van der Waals surface area contributed by atoms with Gasteiger partial charge in [0.05, 0.1) is 23.1 Å². The van der Waals surface area contributed by atoms with Crippen LogP contribution in [-0.4, -0.2) is 30.3 Å². The number of carbonyl (C=O) groups is 4. The lowest BCUT2D eigenvalue weighted by molar-refractivity contribution is -0.122. The van der Waals surface area contributed by atoms with E-state index in [1.807, 2.05) is 67.6 Å². The smallest absolute Gasteiger partial charge is 0.340 e. The van der Waals surface area contributed by atoms with Gasteiger partial charge in [0.25, 0.3) is 5.91 Å². The summed E-state index contributed by atoms with van der Waals surface area (Å²) in [5, 5.41) is 2.73. The molecule has 1 heterocycles. The average molecular weight is 543 g/mol. The molecular weight excluding hydrogens is 516 g/mol. The average Bonchev–Trinajstić information content (AvgIpc) is 3.27. The molecule has 41 heavy (non-hydrogen) atoms. The molecule has 1 aliphatic heterocycles. The minimum atomic E-state index is -0.787. The van der Waals surface area contributed by atoms with Crippen LogP contribution in [0.25, 0.3) is 0 Å². The summed E-state index contributed by atoms with van der Waals surface area (Å²) < 4.78 is 5.35. The molecule has 1 saturated heterocycles. The Kier molecular flexibility index (Phi) is 5.82. The molecule has 0 aromatic heterocycles. The van der Waals surface area contributed by atoms with Crippen LogP contribution in [0.3, 0.4) is 0 Å². The van der Waals surface area contributed by atoms with Gasteiger partial charge in [-0.25, -0.2) is 9.69 Å². The molecule has 8 rings (SSSR count). The van der Waals surface area contributed by atoms with E-state index in [-0.39, 0.29) is 34.9 Å². The van der Waals surface area contributed by atoms with Gasteiger partial charge in [0.1, 0.15) is 0 Å². The number of nitrogens with zero attached hydrogens (tertiary/aromatic N) is 1. The summed E-state index contributed by atoms with van der Waals surface area (Å²) in [7, 11) is 0. The van der Waals surface area contributed by atoms with Gasteiger partial charge in [-0.1, -0.05) is 78.9 Å². The minimum absolute atomic E-state index is 0.0545. The van der Waals surface area contributed by atoms with Gasteiger partial charge >= 0.3 is 5.97 Å². The molecule has 0 radical (unpaired) electrons. The Morgan fingerprint density at radius 2 is 1.20 bits per heavy atom. The maximum atomic E-state index is 14.1. The molecule has 0 saturated carbocycles. The molecule has 4 aliphatic rings. The molecule has 202 valence electrons. The van der Waals surface area contributed by atoms with Gasteiger partial charge in [0.15, 0.2) is 6.61 Å². The van der Waals surface area contributed by atoms with E-state index in [1.165, 1.54) is 6.07 Å². The fraction of sp³-hybridized carbons (Fsp3) is 0.176. The van der Waals surface area contributed by atoms with Gasteiger partial charge < -0.3 is 10.1 Å². The molecule has 4 aromatic rings. The van der Waals surface area contributed by atoms with E-state index < -0.39 is 30.3 Å². The largest absolute Gasteiger partial charge is 0.452 e. The fourth-order valence-corrected chi connectivity index (χ4v) is 6.86. The first kappa shape index (κ1) is 25.0. The number of imide groups is 1. The quantitative estimate of drug-likeness (QED) is 0.277. The van der Waals surface area contributed by atoms with Crippen LogP contribution in [-0.2, 0) is 19.1 Å². The number of hydrogen-bond donors (Lipinski definition) is 1. The number of benzene rings is 4. The standard InChI is InChI=1S/C34H26N2O5/c1-19-10-2-8-16-25(19)35-27(37)18-41-34(40)24-15-7-9-17-26(24)36-32(38)30-28-20-11-3-4-12-21(20)29(31(30)33(36)39)23-14-6-5-13-22(23)28/h2-17,28-31H,18H2,1H3,(H,35,37)/t28?,29?,30-,31+. The van der Waals surface area contributed by atoms with E-state index in [4.69, 9.17) is 4.74 Å². The number of hydrogen-bond acceptors (Lipinski definition) is 5. The lowest BCUT2D eigenvalue weighted by Gasteiger charge is -2.45. The van der Waals surface area contributed by atoms with Crippen molar-refractivity contribution >= 4 is 35.1 Å². The molecule has 3 amide bonds. The summed E-state index contributed by atoms with van der Waals surface area (Å²) in [6.45, 7) is 1.35. The molecule has 0 unspecified atom stereocenters. The van der Waals surface area contributed by atoms with Crippen LogP contribution in [0.4, 0.5) is 11.4 Å². The lowest BCUT2D eigenvalue weighted by atomic mass is 9.55. The van der Waals surface area contributed by atoms with Crippen molar-refractivity contribution in [1.29, 1.82) is 0 Å². The van der Waals surface area contributed by atoms with Crippen molar-refractivity contribution < 1.29 is 23.9 Å². The predicted octanol–water partition coefficient (Wildman–Crippen LogP) is 5.19. The van der Waals surface area contributed by atoms with Crippen LogP contribution in [0.2, 0.25) is 0 Å². The topological polar surface area (TPSA) is 92.8 Å². The molecule has 2 atom stereocenters. The van der Waals surface area contributed by atoms with Crippen LogP contribution in [0.1, 0.15) is 50.0 Å². The zero-order valence-electron chi connectivity index (χ0n) is 22.2. The second-order valence-corrected chi connectivity index (χ2v) is 10.7. The van der Waals surface area contributed by atoms with E-state index in [1.54, 1.807) is 30.3 Å². The molecule has 0 spiro atoms. The zero-order valence-corrected chi connectivity index (χ0v) is 22.2. The van der Waals surface area contributed by atoms with Crippen LogP contribution < -0.4 is 10.2 Å². The van der Waals surface area contributed by atoms with Gasteiger partial charge in [-0.3, -0.25) is 14.4 Å². The second-order valence-electron chi connectivity index (χ2n) is 10.7. The normalized spacial score (nSPS) is 21.6. The Morgan fingerprint density at radius 1 is 0.707 bits per heavy atom. The van der Waals surface area contributed by atoms with Gasteiger partial charge in [-0.05, 0) is 52.9 Å². The van der Waals surface area contributed by atoms with Crippen molar-refractivity contribution in [2.24, 2.45) is 11.8 Å². The molecule has 2 bridgehead atoms. The van der Waals surface area contributed by atoms with Crippen LogP contribution >= 0.6 is 0 Å². The highest BCUT2D eigenvalue weighted by atomic mass is 16.5. The van der Waals surface area contributed by atoms with E-state index in [9.17, 15) is 19.2 Å². The number of anilines is 2. The van der Waals surface area contributed by atoms with Gasteiger partial charge in [-0.2, -0.15) is 0 Å². The lowest BCUT2D eigenvalue weighted by Crippen LogP contribution is -2.41. The fourth-order valence-electron chi connectivity index (χ4n) is 6.86. The highest BCUT2D eigenvalue weighted by molar-refractivity contribution is 6.25. The predicted molar refractivity (Wildman–Crippen MR) is 153 cm³/mol. The van der Waals surface area contributed by atoms with E-state index in [2.05, 4.69) is 5.32 Å². The third-order valence-corrected chi connectivity index (χ3v) is 8.57. The number of carbonyl (C=O) groups excluding carboxylic acids is 4. The number of ether oxygens (including phenoxy) is 1. The molecule has 7 heteroatoms. The van der Waals surface area contributed by atoms with Gasteiger partial charge in [0, 0.05) is 17.5 Å². The molecule has 3 aliphatic carbocycles. The summed E-state index contributed by atoms with van der Waals surface area (Å²) >= 11 is 0. The summed E-state index contributed by atoms with van der Waals surface area (Å²) in [6, 6.07) is 29.8. The maximum absolute atomic E-state index is 14.1. The first-order valence-electron chi connectivity index (χ1n) is 13.6. The van der Waals surface area contributed by atoms with Gasteiger partial charge in [-0.15, -0.1) is 0 Å². The zero-order chi connectivity index (χ0) is 28.2. The Hall–Kier alpha value is -5.04. The third-order valence-electron chi connectivity index (χ3n) is 8.57. The molecule has 7 nitrogen and oxygen atoms in total. The van der Waals surface area contributed by atoms with Crippen molar-refractivity contribution in [2.45, 2.75) is 18.8 Å². The van der Waals surface area contributed by atoms with E-state index in [0.717, 1.165) is 32.7 Å². The number of amides is 3. The highest BCUT2D eigenvalue weighted by Crippen LogP contribution is 2.61. The minimum Gasteiger partial charge on any atom is -0.452 e. The first-order valence-corrected chi connectivity index (χ1v) is 13.6. The van der Waals surface area contributed by atoms with Crippen molar-refractivity contribution in [2.75, 3.05) is 16.8 Å². The highest BCUT2D eigenvalue weighted by Gasteiger charge is 2.62. The second kappa shape index (κ2) is 9.55. The number of aryl methyl sites for hydroxylation is 1. The number of esters is 1. The van der Waals surface area contributed by atoms with Crippen molar-refractivity contribution in [3.05, 3.63) is 130 Å². The molecule has 4 aromatic carbocycles. The summed E-state index contributed by atoms with van der Waals surface area (Å²) in [5.41, 5.74) is 6.04. The number of rotatable bonds is 5. The first-order chi connectivity index (χ1) is 20.0. The monoisotopic (exact) mass is 542 g/mol. The van der Waals surface area contributed by atoms with Crippen LogP contribution in [0.15, 0.2) is 97.1 Å². The molecular formula is C34H26N2O5.